The number of carbonyl (C=O) groups excluding carboxylic acids is 1. The molecule has 0 saturated heterocycles. The first-order valence-electron chi connectivity index (χ1n) is 9.16. The summed E-state index contributed by atoms with van der Waals surface area (Å²) in [4.78, 5) is 15.4. The van der Waals surface area contributed by atoms with Gasteiger partial charge in [0.2, 0.25) is 0 Å². The maximum atomic E-state index is 13.2. The van der Waals surface area contributed by atoms with E-state index in [0.29, 0.717) is 5.57 Å². The highest BCUT2D eigenvalue weighted by molar-refractivity contribution is 6.10. The molecule has 3 rings (SSSR count). The van der Waals surface area contributed by atoms with Crippen LogP contribution in [-0.4, -0.2) is 37.2 Å². The molecule has 0 aromatic heterocycles. The molecular formula is C22H26N2O2. The molecule has 1 unspecified atom stereocenters. The predicted octanol–water partition coefficient (Wildman–Crippen LogP) is 4.17. The summed E-state index contributed by atoms with van der Waals surface area (Å²) in [5.41, 5.74) is 3.66. The maximum Gasteiger partial charge on any atom is 0.255 e. The number of para-hydroxylation sites is 1. The molecule has 4 nitrogen and oxygen atoms in total. The summed E-state index contributed by atoms with van der Waals surface area (Å²) in [5, 5.41) is 3.03. The molecule has 0 saturated carbocycles. The van der Waals surface area contributed by atoms with Gasteiger partial charge in [0.1, 0.15) is 6.23 Å². The number of hydrogen-bond acceptors (Lipinski definition) is 3. The summed E-state index contributed by atoms with van der Waals surface area (Å²) >= 11 is 0. The van der Waals surface area contributed by atoms with Gasteiger partial charge in [0.25, 0.3) is 5.91 Å². The Labute approximate surface area is 155 Å². The molecule has 1 aliphatic rings. The number of amides is 1. The Bertz CT molecular complexity index is 756. The second kappa shape index (κ2) is 8.79. The lowest BCUT2D eigenvalue weighted by atomic mass is 9.91. The molecule has 1 aliphatic heterocycles. The zero-order chi connectivity index (χ0) is 18.4. The van der Waals surface area contributed by atoms with Crippen LogP contribution in [0.1, 0.15) is 25.3 Å². The van der Waals surface area contributed by atoms with Crippen LogP contribution in [-0.2, 0) is 9.53 Å². The minimum absolute atomic E-state index is 0.0947. The van der Waals surface area contributed by atoms with E-state index in [1.54, 1.807) is 7.11 Å². The van der Waals surface area contributed by atoms with Gasteiger partial charge in [-0.2, -0.15) is 0 Å². The lowest BCUT2D eigenvalue weighted by Crippen LogP contribution is -2.45. The molecule has 1 atom stereocenters. The summed E-state index contributed by atoms with van der Waals surface area (Å²) in [6.45, 7) is 3.94. The standard InChI is InChI=1S/C22H26N2O2/c1-3-15-24-16-14-19(17-10-6-4-7-11-17)20(22(24)26-2)21(25)23-18-12-8-5-9-13-18/h4-13,22H,3,14-16H2,1-2H3,(H,23,25). The highest BCUT2D eigenvalue weighted by Gasteiger charge is 2.34. The van der Waals surface area contributed by atoms with Gasteiger partial charge < -0.3 is 10.1 Å². The maximum absolute atomic E-state index is 13.2. The number of anilines is 1. The van der Waals surface area contributed by atoms with Crippen molar-refractivity contribution < 1.29 is 9.53 Å². The van der Waals surface area contributed by atoms with Crippen LogP contribution < -0.4 is 5.32 Å². The zero-order valence-corrected chi connectivity index (χ0v) is 15.4. The molecule has 0 bridgehead atoms. The first kappa shape index (κ1) is 18.4. The van der Waals surface area contributed by atoms with Crippen molar-refractivity contribution in [3.05, 3.63) is 71.8 Å². The van der Waals surface area contributed by atoms with Crippen LogP contribution in [0.5, 0.6) is 0 Å². The number of carbonyl (C=O) groups is 1. The van der Waals surface area contributed by atoms with Gasteiger partial charge in [-0.25, -0.2) is 0 Å². The lowest BCUT2D eigenvalue weighted by Gasteiger charge is -2.37. The Morgan fingerprint density at radius 2 is 1.77 bits per heavy atom. The topological polar surface area (TPSA) is 41.6 Å². The smallest absolute Gasteiger partial charge is 0.255 e. The zero-order valence-electron chi connectivity index (χ0n) is 15.4. The van der Waals surface area contributed by atoms with Gasteiger partial charge >= 0.3 is 0 Å². The van der Waals surface area contributed by atoms with Gasteiger partial charge in [-0.15, -0.1) is 0 Å². The summed E-state index contributed by atoms with van der Waals surface area (Å²) in [6.07, 6.45) is 1.53. The number of benzene rings is 2. The van der Waals surface area contributed by atoms with E-state index in [1.165, 1.54) is 0 Å². The van der Waals surface area contributed by atoms with Crippen LogP contribution in [0, 0.1) is 0 Å². The van der Waals surface area contributed by atoms with Gasteiger partial charge in [-0.3, -0.25) is 9.69 Å². The van der Waals surface area contributed by atoms with Gasteiger partial charge in [0, 0.05) is 25.9 Å². The minimum Gasteiger partial charge on any atom is -0.362 e. The van der Waals surface area contributed by atoms with E-state index in [0.717, 1.165) is 42.8 Å². The van der Waals surface area contributed by atoms with E-state index < -0.39 is 0 Å². The second-order valence-electron chi connectivity index (χ2n) is 6.45. The third-order valence-electron chi connectivity index (χ3n) is 4.69. The van der Waals surface area contributed by atoms with Crippen LogP contribution in [0.2, 0.25) is 0 Å². The van der Waals surface area contributed by atoms with Gasteiger partial charge in [0.05, 0.1) is 5.57 Å². The molecule has 2 aromatic rings. The third kappa shape index (κ3) is 4.03. The first-order chi connectivity index (χ1) is 12.7. The van der Waals surface area contributed by atoms with Crippen LogP contribution in [0.4, 0.5) is 5.69 Å². The largest absolute Gasteiger partial charge is 0.362 e. The minimum atomic E-state index is -0.331. The van der Waals surface area contributed by atoms with Crippen LogP contribution in [0.15, 0.2) is 66.2 Å². The fourth-order valence-corrected chi connectivity index (χ4v) is 3.53. The predicted molar refractivity (Wildman–Crippen MR) is 106 cm³/mol. The number of nitrogens with one attached hydrogen (secondary N) is 1. The summed E-state index contributed by atoms with van der Waals surface area (Å²) in [6, 6.07) is 19.7. The SMILES string of the molecule is CCCN1CCC(c2ccccc2)=C(C(=O)Nc2ccccc2)C1OC. The number of ether oxygens (including phenoxy) is 1. The lowest BCUT2D eigenvalue weighted by molar-refractivity contribution is -0.116. The highest BCUT2D eigenvalue weighted by atomic mass is 16.5. The quantitative estimate of drug-likeness (QED) is 0.850. The Kier molecular flexibility index (Phi) is 6.21. The Hall–Kier alpha value is -2.43. The summed E-state index contributed by atoms with van der Waals surface area (Å²) in [7, 11) is 1.68. The number of hydrogen-bond donors (Lipinski definition) is 1. The van der Waals surface area contributed by atoms with Crippen molar-refractivity contribution in [2.24, 2.45) is 0 Å². The van der Waals surface area contributed by atoms with Gasteiger partial charge in [0.15, 0.2) is 0 Å². The molecule has 2 aromatic carbocycles. The third-order valence-corrected chi connectivity index (χ3v) is 4.69. The average molecular weight is 350 g/mol. The average Bonchev–Trinajstić information content (AvgIpc) is 2.69. The van der Waals surface area contributed by atoms with Crippen molar-refractivity contribution >= 4 is 17.2 Å². The van der Waals surface area contributed by atoms with Crippen molar-refractivity contribution in [1.82, 2.24) is 4.90 Å². The molecule has 1 heterocycles. The molecule has 0 radical (unpaired) electrons. The Balaban J connectivity index is 2.01. The molecule has 1 N–H and O–H groups in total. The molecule has 4 heteroatoms. The van der Waals surface area contributed by atoms with Gasteiger partial charge in [-0.05, 0) is 36.1 Å². The molecule has 136 valence electrons. The highest BCUT2D eigenvalue weighted by Crippen LogP contribution is 2.32. The van der Waals surface area contributed by atoms with E-state index in [9.17, 15) is 4.79 Å². The van der Waals surface area contributed by atoms with Crippen molar-refractivity contribution in [1.29, 1.82) is 0 Å². The van der Waals surface area contributed by atoms with E-state index in [-0.39, 0.29) is 12.1 Å². The molecular weight excluding hydrogens is 324 g/mol. The number of rotatable bonds is 6. The monoisotopic (exact) mass is 350 g/mol. The fraction of sp³-hybridized carbons (Fsp3) is 0.318. The second-order valence-corrected chi connectivity index (χ2v) is 6.45. The van der Waals surface area contributed by atoms with Crippen LogP contribution in [0.25, 0.3) is 5.57 Å². The number of nitrogens with zero attached hydrogens (tertiary/aromatic N) is 1. The summed E-state index contributed by atoms with van der Waals surface area (Å²) < 4.78 is 5.79. The van der Waals surface area contributed by atoms with Crippen molar-refractivity contribution in [2.45, 2.75) is 26.0 Å². The number of methoxy groups -OCH3 is 1. The fourth-order valence-electron chi connectivity index (χ4n) is 3.53. The van der Waals surface area contributed by atoms with E-state index in [1.807, 2.05) is 48.5 Å². The molecule has 1 amide bonds. The van der Waals surface area contributed by atoms with Gasteiger partial charge in [-0.1, -0.05) is 55.5 Å². The van der Waals surface area contributed by atoms with Crippen molar-refractivity contribution in [2.75, 3.05) is 25.5 Å². The molecule has 0 aliphatic carbocycles. The van der Waals surface area contributed by atoms with E-state index in [4.69, 9.17) is 4.74 Å². The Morgan fingerprint density at radius 3 is 2.38 bits per heavy atom. The summed E-state index contributed by atoms with van der Waals surface area (Å²) in [5.74, 6) is -0.0947. The molecule has 0 fully saturated rings. The normalized spacial score (nSPS) is 18.0. The van der Waals surface area contributed by atoms with E-state index >= 15 is 0 Å². The van der Waals surface area contributed by atoms with Crippen LogP contribution in [0.3, 0.4) is 0 Å². The Morgan fingerprint density at radius 1 is 1.12 bits per heavy atom. The molecule has 26 heavy (non-hydrogen) atoms. The van der Waals surface area contributed by atoms with Crippen molar-refractivity contribution in [3.63, 3.8) is 0 Å². The molecule has 0 spiro atoms. The first-order valence-corrected chi connectivity index (χ1v) is 9.16. The van der Waals surface area contributed by atoms with Crippen LogP contribution >= 0.6 is 0 Å². The van der Waals surface area contributed by atoms with Crippen molar-refractivity contribution in [3.8, 4) is 0 Å². The van der Waals surface area contributed by atoms with E-state index in [2.05, 4.69) is 29.3 Å².